The van der Waals surface area contributed by atoms with Gasteiger partial charge in [-0.2, -0.15) is 0 Å². The number of nitrogen functional groups attached to an aromatic ring is 1. The van der Waals surface area contributed by atoms with Crippen molar-refractivity contribution >= 4 is 23.0 Å². The van der Waals surface area contributed by atoms with E-state index >= 15 is 0 Å². The molecule has 18 heavy (non-hydrogen) atoms. The molecule has 1 fully saturated rings. The van der Waals surface area contributed by atoms with E-state index in [0.717, 1.165) is 24.9 Å². The summed E-state index contributed by atoms with van der Waals surface area (Å²) in [6, 6.07) is 5.97. The van der Waals surface area contributed by atoms with E-state index in [9.17, 15) is 0 Å². The fraction of sp³-hybridized carbons (Fsp3) is 0.600. The number of hydrogen-bond donors (Lipinski definition) is 1. The summed E-state index contributed by atoms with van der Waals surface area (Å²) in [5, 5.41) is 0.665. The van der Waals surface area contributed by atoms with Crippen LogP contribution in [0.1, 0.15) is 33.1 Å². The average Bonchev–Trinajstić information content (AvgIpc) is 2.79. The summed E-state index contributed by atoms with van der Waals surface area (Å²) in [7, 11) is 0. The molecular formula is C15H23ClN2. The van der Waals surface area contributed by atoms with Crippen LogP contribution in [-0.2, 0) is 0 Å². The lowest BCUT2D eigenvalue weighted by Gasteiger charge is -2.19. The number of nitrogens with two attached hydrogens (primary N) is 1. The largest absolute Gasteiger partial charge is 0.398 e. The smallest absolute Gasteiger partial charge is 0.0656 e. The molecule has 0 amide bonds. The summed E-state index contributed by atoms with van der Waals surface area (Å²) in [5.41, 5.74) is 7.62. The zero-order valence-corrected chi connectivity index (χ0v) is 12.1. The second kappa shape index (κ2) is 5.83. The van der Waals surface area contributed by atoms with Crippen molar-refractivity contribution in [3.63, 3.8) is 0 Å². The molecule has 1 saturated heterocycles. The first-order chi connectivity index (χ1) is 8.56. The first kappa shape index (κ1) is 13.5. The number of halogens is 1. The molecule has 1 aromatic rings. The van der Waals surface area contributed by atoms with Crippen LogP contribution in [0.5, 0.6) is 0 Å². The molecule has 0 radical (unpaired) electrons. The van der Waals surface area contributed by atoms with Crippen LogP contribution >= 0.6 is 11.6 Å². The van der Waals surface area contributed by atoms with Gasteiger partial charge in [-0.05, 0) is 42.9 Å². The van der Waals surface area contributed by atoms with Gasteiger partial charge in [0.25, 0.3) is 0 Å². The van der Waals surface area contributed by atoms with Crippen molar-refractivity contribution in [3.8, 4) is 0 Å². The molecule has 1 aliphatic heterocycles. The maximum absolute atomic E-state index is 6.08. The van der Waals surface area contributed by atoms with Gasteiger partial charge in [-0.25, -0.2) is 0 Å². The van der Waals surface area contributed by atoms with E-state index in [0.29, 0.717) is 10.7 Å². The first-order valence-corrected chi connectivity index (χ1v) is 7.24. The van der Waals surface area contributed by atoms with Gasteiger partial charge in [0.15, 0.2) is 0 Å². The highest BCUT2D eigenvalue weighted by Gasteiger charge is 2.22. The predicted octanol–water partition coefficient (Wildman–Crippen LogP) is 4.18. The minimum Gasteiger partial charge on any atom is -0.398 e. The third-order valence-corrected chi connectivity index (χ3v) is 4.11. The Morgan fingerprint density at radius 2 is 2.22 bits per heavy atom. The molecule has 2 N–H and O–H groups in total. The molecule has 3 heteroatoms. The highest BCUT2D eigenvalue weighted by molar-refractivity contribution is 6.33. The lowest BCUT2D eigenvalue weighted by molar-refractivity contribution is 0.452. The van der Waals surface area contributed by atoms with E-state index in [1.807, 2.05) is 12.1 Å². The first-order valence-electron chi connectivity index (χ1n) is 6.86. The van der Waals surface area contributed by atoms with E-state index in [1.54, 1.807) is 0 Å². The predicted molar refractivity (Wildman–Crippen MR) is 80.3 cm³/mol. The lowest BCUT2D eigenvalue weighted by atomic mass is 9.97. The van der Waals surface area contributed by atoms with Crippen molar-refractivity contribution in [2.45, 2.75) is 33.1 Å². The zero-order valence-electron chi connectivity index (χ0n) is 11.3. The molecule has 1 heterocycles. The molecular weight excluding hydrogens is 244 g/mol. The van der Waals surface area contributed by atoms with Crippen molar-refractivity contribution in [1.29, 1.82) is 0 Å². The molecule has 0 aliphatic carbocycles. The third-order valence-electron chi connectivity index (χ3n) is 3.79. The Morgan fingerprint density at radius 3 is 2.89 bits per heavy atom. The number of benzene rings is 1. The second-order valence-electron chi connectivity index (χ2n) is 5.78. The topological polar surface area (TPSA) is 29.3 Å². The summed E-state index contributed by atoms with van der Waals surface area (Å²) in [5.74, 6) is 1.65. The van der Waals surface area contributed by atoms with E-state index in [1.165, 1.54) is 24.9 Å². The molecule has 0 aromatic heterocycles. The maximum Gasteiger partial charge on any atom is 0.0656 e. The Bertz CT molecular complexity index is 403. The maximum atomic E-state index is 6.08. The molecule has 2 nitrogen and oxygen atoms in total. The number of hydrogen-bond acceptors (Lipinski definition) is 2. The zero-order chi connectivity index (χ0) is 13.1. The van der Waals surface area contributed by atoms with Gasteiger partial charge in [0.2, 0.25) is 0 Å². The van der Waals surface area contributed by atoms with Crippen molar-refractivity contribution in [2.75, 3.05) is 23.7 Å². The average molecular weight is 267 g/mol. The fourth-order valence-electron chi connectivity index (χ4n) is 2.58. The van der Waals surface area contributed by atoms with Gasteiger partial charge in [0.05, 0.1) is 10.7 Å². The van der Waals surface area contributed by atoms with E-state index in [4.69, 9.17) is 17.3 Å². The SMILES string of the molecule is CC(C)CCC1CCN(c2ccc(N)c(Cl)c2)C1. The standard InChI is InChI=1S/C15H23ClN2/c1-11(2)3-4-12-7-8-18(10-12)13-5-6-15(17)14(16)9-13/h5-6,9,11-12H,3-4,7-8,10,17H2,1-2H3. The van der Waals surface area contributed by atoms with Crippen LogP contribution < -0.4 is 10.6 Å². The van der Waals surface area contributed by atoms with Gasteiger partial charge < -0.3 is 10.6 Å². The van der Waals surface area contributed by atoms with E-state index < -0.39 is 0 Å². The van der Waals surface area contributed by atoms with Crippen molar-refractivity contribution in [2.24, 2.45) is 11.8 Å². The summed E-state index contributed by atoms with van der Waals surface area (Å²) in [6.45, 7) is 6.90. The molecule has 0 saturated carbocycles. The normalized spacial score (nSPS) is 19.8. The molecule has 1 aromatic carbocycles. The summed E-state index contributed by atoms with van der Waals surface area (Å²) < 4.78 is 0. The van der Waals surface area contributed by atoms with Crippen molar-refractivity contribution in [3.05, 3.63) is 23.2 Å². The Morgan fingerprint density at radius 1 is 1.44 bits per heavy atom. The molecule has 0 bridgehead atoms. The lowest BCUT2D eigenvalue weighted by Crippen LogP contribution is -2.19. The third kappa shape index (κ3) is 3.32. The summed E-state index contributed by atoms with van der Waals surface area (Å²) in [6.07, 6.45) is 3.98. The second-order valence-corrected chi connectivity index (χ2v) is 6.18. The highest BCUT2D eigenvalue weighted by atomic mass is 35.5. The van der Waals surface area contributed by atoms with Crippen LogP contribution in [0.4, 0.5) is 11.4 Å². The van der Waals surface area contributed by atoms with Crippen molar-refractivity contribution in [1.82, 2.24) is 0 Å². The Kier molecular flexibility index (Phi) is 4.39. The quantitative estimate of drug-likeness (QED) is 0.828. The minimum absolute atomic E-state index is 0.663. The molecule has 1 aliphatic rings. The molecule has 0 spiro atoms. The van der Waals surface area contributed by atoms with Gasteiger partial charge in [-0.1, -0.05) is 31.9 Å². The summed E-state index contributed by atoms with van der Waals surface area (Å²) >= 11 is 6.08. The van der Waals surface area contributed by atoms with Crippen LogP contribution in [0, 0.1) is 11.8 Å². The van der Waals surface area contributed by atoms with Crippen LogP contribution in [-0.4, -0.2) is 13.1 Å². The summed E-state index contributed by atoms with van der Waals surface area (Å²) in [4.78, 5) is 2.43. The van der Waals surface area contributed by atoms with Gasteiger partial charge in [-0.15, -0.1) is 0 Å². The Balaban J connectivity index is 1.93. The van der Waals surface area contributed by atoms with Crippen LogP contribution in [0.25, 0.3) is 0 Å². The fourth-order valence-corrected chi connectivity index (χ4v) is 2.76. The van der Waals surface area contributed by atoms with Gasteiger partial charge in [0, 0.05) is 18.8 Å². The Labute approximate surface area is 115 Å². The van der Waals surface area contributed by atoms with Crippen LogP contribution in [0.15, 0.2) is 18.2 Å². The van der Waals surface area contributed by atoms with Crippen LogP contribution in [0.2, 0.25) is 5.02 Å². The van der Waals surface area contributed by atoms with E-state index in [2.05, 4.69) is 24.8 Å². The monoisotopic (exact) mass is 266 g/mol. The van der Waals surface area contributed by atoms with Gasteiger partial charge in [0.1, 0.15) is 0 Å². The molecule has 2 rings (SSSR count). The minimum atomic E-state index is 0.663. The molecule has 1 unspecified atom stereocenters. The number of rotatable bonds is 4. The molecule has 100 valence electrons. The number of anilines is 2. The molecule has 1 atom stereocenters. The number of nitrogens with zero attached hydrogens (tertiary/aromatic N) is 1. The van der Waals surface area contributed by atoms with Gasteiger partial charge in [-0.3, -0.25) is 0 Å². The van der Waals surface area contributed by atoms with Crippen LogP contribution in [0.3, 0.4) is 0 Å². The van der Waals surface area contributed by atoms with Crippen molar-refractivity contribution < 1.29 is 0 Å². The Hall–Kier alpha value is -0.890. The highest BCUT2D eigenvalue weighted by Crippen LogP contribution is 2.30. The van der Waals surface area contributed by atoms with E-state index in [-0.39, 0.29) is 0 Å². The van der Waals surface area contributed by atoms with Gasteiger partial charge >= 0.3 is 0 Å².